The first-order chi connectivity index (χ1) is 8.59. The molecule has 2 aliphatic heterocycles. The number of amides is 2. The van der Waals surface area contributed by atoms with E-state index in [1.165, 1.54) is 0 Å². The number of hydrogen-bond acceptors (Lipinski definition) is 3. The highest BCUT2D eigenvalue weighted by molar-refractivity contribution is 6.35. The Labute approximate surface area is 108 Å². The molecular formula is C13H23N3O2. The lowest BCUT2D eigenvalue weighted by Gasteiger charge is -2.37. The van der Waals surface area contributed by atoms with E-state index in [9.17, 15) is 9.59 Å². The number of nitrogens with one attached hydrogen (secondary N) is 1. The van der Waals surface area contributed by atoms with E-state index in [0.29, 0.717) is 19.0 Å². The van der Waals surface area contributed by atoms with Gasteiger partial charge in [-0.1, -0.05) is 6.92 Å². The summed E-state index contributed by atoms with van der Waals surface area (Å²) in [4.78, 5) is 27.9. The van der Waals surface area contributed by atoms with Gasteiger partial charge in [0.05, 0.1) is 0 Å². The minimum Gasteiger partial charge on any atom is -0.332 e. The van der Waals surface area contributed by atoms with Gasteiger partial charge in [0.15, 0.2) is 0 Å². The summed E-state index contributed by atoms with van der Waals surface area (Å²) < 4.78 is 0. The highest BCUT2D eigenvalue weighted by Crippen LogP contribution is 2.21. The molecule has 2 rings (SSSR count). The van der Waals surface area contributed by atoms with Crippen molar-refractivity contribution in [3.63, 3.8) is 0 Å². The van der Waals surface area contributed by atoms with E-state index >= 15 is 0 Å². The predicted molar refractivity (Wildman–Crippen MR) is 69.0 cm³/mol. The summed E-state index contributed by atoms with van der Waals surface area (Å²) in [6, 6.07) is 0.195. The molecule has 2 heterocycles. The summed E-state index contributed by atoms with van der Waals surface area (Å²) in [5, 5.41) is 3.19. The van der Waals surface area contributed by atoms with Gasteiger partial charge in [-0.25, -0.2) is 0 Å². The quantitative estimate of drug-likeness (QED) is 0.621. The SMILES string of the molecule is CC1CCC(C)N(C(=O)C(=O)N2CCNCC2)C1. The highest BCUT2D eigenvalue weighted by Gasteiger charge is 2.33. The van der Waals surface area contributed by atoms with Gasteiger partial charge in [0.1, 0.15) is 0 Å². The molecule has 18 heavy (non-hydrogen) atoms. The maximum atomic E-state index is 12.3. The Morgan fingerprint density at radius 2 is 1.72 bits per heavy atom. The van der Waals surface area contributed by atoms with Crippen LogP contribution in [0.15, 0.2) is 0 Å². The predicted octanol–water partition coefficient (Wildman–Crippen LogP) is 0.0652. The maximum absolute atomic E-state index is 12.3. The molecule has 2 fully saturated rings. The fraction of sp³-hybridized carbons (Fsp3) is 0.846. The van der Waals surface area contributed by atoms with Gasteiger partial charge >= 0.3 is 11.8 Å². The third-order valence-electron chi connectivity index (χ3n) is 3.97. The molecule has 0 aromatic carbocycles. The molecule has 2 aliphatic rings. The highest BCUT2D eigenvalue weighted by atomic mass is 16.2. The Morgan fingerprint density at radius 1 is 1.06 bits per heavy atom. The fourth-order valence-electron chi connectivity index (χ4n) is 2.70. The van der Waals surface area contributed by atoms with Gasteiger partial charge in [-0.3, -0.25) is 9.59 Å². The van der Waals surface area contributed by atoms with Crippen LogP contribution in [0.5, 0.6) is 0 Å². The van der Waals surface area contributed by atoms with Crippen molar-refractivity contribution in [2.24, 2.45) is 5.92 Å². The van der Waals surface area contributed by atoms with Crippen LogP contribution in [0.4, 0.5) is 0 Å². The van der Waals surface area contributed by atoms with Crippen LogP contribution in [0.25, 0.3) is 0 Å². The van der Waals surface area contributed by atoms with Gasteiger partial charge in [-0.05, 0) is 25.7 Å². The number of carbonyl (C=O) groups is 2. The molecule has 0 radical (unpaired) electrons. The molecular weight excluding hydrogens is 230 g/mol. The third kappa shape index (κ3) is 2.83. The summed E-state index contributed by atoms with van der Waals surface area (Å²) in [6.45, 7) is 7.74. The van der Waals surface area contributed by atoms with Gasteiger partial charge in [0.25, 0.3) is 0 Å². The minimum absolute atomic E-state index is 0.195. The number of nitrogens with zero attached hydrogens (tertiary/aromatic N) is 2. The molecule has 1 N–H and O–H groups in total. The molecule has 5 nitrogen and oxygen atoms in total. The fourth-order valence-corrected chi connectivity index (χ4v) is 2.70. The summed E-state index contributed by atoms with van der Waals surface area (Å²) in [7, 11) is 0. The van der Waals surface area contributed by atoms with Crippen LogP contribution in [-0.2, 0) is 9.59 Å². The number of likely N-dealkylation sites (tertiary alicyclic amines) is 1. The normalized spacial score (nSPS) is 29.2. The largest absolute Gasteiger partial charge is 0.332 e. The second kappa shape index (κ2) is 5.69. The van der Waals surface area contributed by atoms with E-state index < -0.39 is 0 Å². The minimum atomic E-state index is -0.322. The van der Waals surface area contributed by atoms with Crippen LogP contribution in [0.3, 0.4) is 0 Å². The van der Waals surface area contributed by atoms with E-state index in [2.05, 4.69) is 12.2 Å². The molecule has 0 spiro atoms. The summed E-state index contributed by atoms with van der Waals surface area (Å²) in [5.41, 5.74) is 0. The molecule has 0 bridgehead atoms. The van der Waals surface area contributed by atoms with Crippen molar-refractivity contribution in [1.82, 2.24) is 15.1 Å². The zero-order chi connectivity index (χ0) is 13.1. The average molecular weight is 253 g/mol. The number of piperazine rings is 1. The number of rotatable bonds is 0. The van der Waals surface area contributed by atoms with Crippen LogP contribution in [0.1, 0.15) is 26.7 Å². The van der Waals surface area contributed by atoms with Crippen LogP contribution in [0, 0.1) is 5.92 Å². The van der Waals surface area contributed by atoms with Crippen molar-refractivity contribution in [2.75, 3.05) is 32.7 Å². The molecule has 102 valence electrons. The molecule has 0 aromatic heterocycles. The van der Waals surface area contributed by atoms with Gasteiger partial charge in [-0.2, -0.15) is 0 Å². The standard InChI is InChI=1S/C13H23N3O2/c1-10-3-4-11(2)16(9-10)13(18)12(17)15-7-5-14-6-8-15/h10-11,14H,3-9H2,1-2H3. The molecule has 0 aromatic rings. The lowest BCUT2D eigenvalue weighted by Crippen LogP contribution is -2.55. The van der Waals surface area contributed by atoms with Crippen molar-refractivity contribution in [3.8, 4) is 0 Å². The average Bonchev–Trinajstić information content (AvgIpc) is 2.41. The monoisotopic (exact) mass is 253 g/mol. The van der Waals surface area contributed by atoms with Gasteiger partial charge in [0.2, 0.25) is 0 Å². The molecule has 2 amide bonds. The lowest BCUT2D eigenvalue weighted by molar-refractivity contribution is -0.154. The van der Waals surface area contributed by atoms with E-state index in [1.807, 2.05) is 6.92 Å². The first-order valence-corrected chi connectivity index (χ1v) is 6.90. The Kier molecular flexibility index (Phi) is 4.22. The molecule has 2 atom stereocenters. The van der Waals surface area contributed by atoms with Crippen LogP contribution in [0.2, 0.25) is 0 Å². The number of piperidine rings is 1. The lowest BCUT2D eigenvalue weighted by atomic mass is 9.95. The zero-order valence-electron chi connectivity index (χ0n) is 11.3. The van der Waals surface area contributed by atoms with Crippen LogP contribution in [-0.4, -0.2) is 60.4 Å². The Balaban J connectivity index is 1.98. The smallest absolute Gasteiger partial charge is 0.312 e. The van der Waals surface area contributed by atoms with Gasteiger partial charge < -0.3 is 15.1 Å². The van der Waals surface area contributed by atoms with Gasteiger partial charge in [0, 0.05) is 38.8 Å². The van der Waals surface area contributed by atoms with Crippen molar-refractivity contribution in [2.45, 2.75) is 32.7 Å². The topological polar surface area (TPSA) is 52.7 Å². The van der Waals surface area contributed by atoms with Crippen molar-refractivity contribution in [1.29, 1.82) is 0 Å². The van der Waals surface area contributed by atoms with Crippen molar-refractivity contribution < 1.29 is 9.59 Å². The van der Waals surface area contributed by atoms with E-state index in [0.717, 1.165) is 32.5 Å². The Hall–Kier alpha value is -1.10. The molecule has 0 saturated carbocycles. The van der Waals surface area contributed by atoms with Crippen molar-refractivity contribution in [3.05, 3.63) is 0 Å². The summed E-state index contributed by atoms with van der Waals surface area (Å²) >= 11 is 0. The second-order valence-electron chi connectivity index (χ2n) is 5.53. The van der Waals surface area contributed by atoms with E-state index in [1.54, 1.807) is 9.80 Å². The summed E-state index contributed by atoms with van der Waals surface area (Å²) in [5.74, 6) is -0.130. The van der Waals surface area contributed by atoms with Crippen LogP contribution >= 0.6 is 0 Å². The molecule has 2 unspecified atom stereocenters. The molecule has 2 saturated heterocycles. The molecule has 5 heteroatoms. The Morgan fingerprint density at radius 3 is 2.39 bits per heavy atom. The van der Waals surface area contributed by atoms with E-state index in [4.69, 9.17) is 0 Å². The first-order valence-electron chi connectivity index (χ1n) is 6.90. The Bertz CT molecular complexity index is 326. The third-order valence-corrected chi connectivity index (χ3v) is 3.97. The molecule has 0 aliphatic carbocycles. The maximum Gasteiger partial charge on any atom is 0.312 e. The zero-order valence-corrected chi connectivity index (χ0v) is 11.3. The van der Waals surface area contributed by atoms with Gasteiger partial charge in [-0.15, -0.1) is 0 Å². The van der Waals surface area contributed by atoms with Crippen molar-refractivity contribution >= 4 is 11.8 Å². The number of carbonyl (C=O) groups excluding carboxylic acids is 2. The second-order valence-corrected chi connectivity index (χ2v) is 5.53. The summed E-state index contributed by atoms with van der Waals surface area (Å²) in [6.07, 6.45) is 2.15. The van der Waals surface area contributed by atoms with E-state index in [-0.39, 0.29) is 17.9 Å². The van der Waals surface area contributed by atoms with Crippen LogP contribution < -0.4 is 5.32 Å². The first kappa shape index (κ1) is 13.3. The number of hydrogen-bond donors (Lipinski definition) is 1.